The molecule has 94 valence electrons. The van der Waals surface area contributed by atoms with Crippen LogP contribution in [-0.4, -0.2) is 12.3 Å². The number of hydrogen-bond acceptors (Lipinski definition) is 2. The molecule has 0 saturated carbocycles. The highest BCUT2D eigenvalue weighted by Gasteiger charge is 2.09. The number of rotatable bonds is 6. The van der Waals surface area contributed by atoms with E-state index in [-0.39, 0.29) is 5.78 Å². The summed E-state index contributed by atoms with van der Waals surface area (Å²) in [4.78, 5) is 11.8. The van der Waals surface area contributed by atoms with E-state index < -0.39 is 0 Å². The van der Waals surface area contributed by atoms with Gasteiger partial charge in [0, 0.05) is 22.3 Å². The van der Waals surface area contributed by atoms with E-state index in [1.807, 2.05) is 18.2 Å². The van der Waals surface area contributed by atoms with Crippen LogP contribution in [0.15, 0.2) is 22.7 Å². The van der Waals surface area contributed by atoms with E-state index in [0.29, 0.717) is 30.3 Å². The summed E-state index contributed by atoms with van der Waals surface area (Å²) in [6.07, 6.45) is 1.83. The van der Waals surface area contributed by atoms with Crippen LogP contribution in [0.1, 0.15) is 25.3 Å². The first-order valence-corrected chi connectivity index (χ1v) is 6.85. The number of nitrogens with two attached hydrogens (primary N) is 1. The van der Waals surface area contributed by atoms with Crippen LogP contribution in [0.4, 0.5) is 0 Å². The summed E-state index contributed by atoms with van der Waals surface area (Å²) in [5, 5.41) is 0.639. The monoisotopic (exact) mass is 317 g/mol. The maximum absolute atomic E-state index is 11.8. The number of carbonyl (C=O) groups excluding carboxylic acids is 1. The molecule has 1 rings (SSSR count). The van der Waals surface area contributed by atoms with Crippen molar-refractivity contribution in [2.75, 3.05) is 6.54 Å². The molecule has 1 atom stereocenters. The van der Waals surface area contributed by atoms with Crippen molar-refractivity contribution >= 4 is 33.3 Å². The van der Waals surface area contributed by atoms with Crippen LogP contribution in [0.2, 0.25) is 5.02 Å². The lowest BCUT2D eigenvalue weighted by Crippen LogP contribution is -2.13. The predicted molar refractivity (Wildman–Crippen MR) is 75.3 cm³/mol. The van der Waals surface area contributed by atoms with Gasteiger partial charge in [0.1, 0.15) is 5.78 Å². The fraction of sp³-hybridized carbons (Fsp3) is 0.462. The Morgan fingerprint density at radius 2 is 2.24 bits per heavy atom. The summed E-state index contributed by atoms with van der Waals surface area (Å²) in [5.74, 6) is 0.619. The minimum atomic E-state index is 0.217. The van der Waals surface area contributed by atoms with Crippen LogP contribution in [0, 0.1) is 5.92 Å². The van der Waals surface area contributed by atoms with Crippen molar-refractivity contribution in [1.29, 1.82) is 0 Å². The number of ketones is 1. The molecule has 0 aliphatic heterocycles. The van der Waals surface area contributed by atoms with Crippen molar-refractivity contribution in [2.45, 2.75) is 26.2 Å². The molecule has 0 heterocycles. The van der Waals surface area contributed by atoms with E-state index >= 15 is 0 Å². The first kappa shape index (κ1) is 14.7. The zero-order chi connectivity index (χ0) is 12.8. The molecular formula is C13H17BrClNO. The lowest BCUT2D eigenvalue weighted by atomic mass is 10.0. The standard InChI is InChI=1S/C13H17BrClNO/c1-9(8-16)2-5-12(17)6-10-3-4-11(14)7-13(10)15/h3-4,7,9H,2,5-6,8,16H2,1H3. The molecule has 0 aliphatic rings. The van der Waals surface area contributed by atoms with Crippen LogP contribution in [0.3, 0.4) is 0 Å². The van der Waals surface area contributed by atoms with E-state index in [0.717, 1.165) is 16.5 Å². The summed E-state index contributed by atoms with van der Waals surface area (Å²) in [6.45, 7) is 2.69. The van der Waals surface area contributed by atoms with Crippen LogP contribution in [0.25, 0.3) is 0 Å². The molecular weight excluding hydrogens is 302 g/mol. The number of benzene rings is 1. The van der Waals surface area contributed by atoms with E-state index in [2.05, 4.69) is 22.9 Å². The first-order chi connectivity index (χ1) is 8.02. The third-order valence-electron chi connectivity index (χ3n) is 2.72. The third-order valence-corrected chi connectivity index (χ3v) is 3.57. The fourth-order valence-corrected chi connectivity index (χ4v) is 2.23. The molecule has 2 nitrogen and oxygen atoms in total. The zero-order valence-electron chi connectivity index (χ0n) is 9.88. The van der Waals surface area contributed by atoms with Crippen LogP contribution in [-0.2, 0) is 11.2 Å². The second kappa shape index (κ2) is 7.14. The predicted octanol–water partition coefficient (Wildman–Crippen LogP) is 3.59. The Morgan fingerprint density at radius 1 is 1.53 bits per heavy atom. The number of halogens is 2. The number of hydrogen-bond donors (Lipinski definition) is 1. The molecule has 0 fully saturated rings. The molecule has 0 amide bonds. The Balaban J connectivity index is 2.50. The quantitative estimate of drug-likeness (QED) is 0.871. The SMILES string of the molecule is CC(CN)CCC(=O)Cc1ccc(Br)cc1Cl. The summed E-state index contributed by atoms with van der Waals surface area (Å²) in [6, 6.07) is 5.60. The van der Waals surface area contributed by atoms with Gasteiger partial charge in [-0.1, -0.05) is 40.5 Å². The van der Waals surface area contributed by atoms with Gasteiger partial charge in [-0.05, 0) is 36.6 Å². The molecule has 0 spiro atoms. The van der Waals surface area contributed by atoms with Crippen LogP contribution in [0.5, 0.6) is 0 Å². The number of Topliss-reactive ketones (excluding diaryl/α,β-unsaturated/α-hetero) is 1. The average Bonchev–Trinajstić information content (AvgIpc) is 2.29. The van der Waals surface area contributed by atoms with Gasteiger partial charge < -0.3 is 5.73 Å². The van der Waals surface area contributed by atoms with E-state index in [1.54, 1.807) is 0 Å². The molecule has 2 N–H and O–H groups in total. The van der Waals surface area contributed by atoms with Crippen molar-refractivity contribution in [2.24, 2.45) is 11.7 Å². The normalized spacial score (nSPS) is 12.5. The Bertz CT molecular complexity index is 395. The van der Waals surface area contributed by atoms with E-state index in [1.165, 1.54) is 0 Å². The molecule has 1 unspecified atom stereocenters. The van der Waals surface area contributed by atoms with Gasteiger partial charge in [0.05, 0.1) is 0 Å². The fourth-order valence-electron chi connectivity index (χ4n) is 1.49. The van der Waals surface area contributed by atoms with Gasteiger partial charge in [-0.3, -0.25) is 4.79 Å². The van der Waals surface area contributed by atoms with Gasteiger partial charge in [-0.25, -0.2) is 0 Å². The molecule has 0 saturated heterocycles. The Hall–Kier alpha value is -0.380. The molecule has 17 heavy (non-hydrogen) atoms. The van der Waals surface area contributed by atoms with Crippen molar-refractivity contribution in [3.63, 3.8) is 0 Å². The average molecular weight is 319 g/mol. The maximum atomic E-state index is 11.8. The topological polar surface area (TPSA) is 43.1 Å². The Kier molecular flexibility index (Phi) is 6.17. The molecule has 1 aromatic rings. The molecule has 0 bridgehead atoms. The summed E-state index contributed by atoms with van der Waals surface area (Å²) in [5.41, 5.74) is 6.40. The minimum Gasteiger partial charge on any atom is -0.330 e. The largest absolute Gasteiger partial charge is 0.330 e. The molecule has 0 aliphatic carbocycles. The second-order valence-electron chi connectivity index (χ2n) is 4.33. The highest BCUT2D eigenvalue weighted by Crippen LogP contribution is 2.22. The maximum Gasteiger partial charge on any atom is 0.137 e. The van der Waals surface area contributed by atoms with Gasteiger partial charge in [0.2, 0.25) is 0 Å². The van der Waals surface area contributed by atoms with Gasteiger partial charge in [-0.2, -0.15) is 0 Å². The zero-order valence-corrected chi connectivity index (χ0v) is 12.2. The van der Waals surface area contributed by atoms with Gasteiger partial charge >= 0.3 is 0 Å². The van der Waals surface area contributed by atoms with E-state index in [9.17, 15) is 4.79 Å². The highest BCUT2D eigenvalue weighted by molar-refractivity contribution is 9.10. The molecule has 0 aromatic heterocycles. The summed E-state index contributed by atoms with van der Waals surface area (Å²) >= 11 is 9.40. The Morgan fingerprint density at radius 3 is 2.82 bits per heavy atom. The second-order valence-corrected chi connectivity index (χ2v) is 5.65. The summed E-state index contributed by atoms with van der Waals surface area (Å²) < 4.78 is 0.926. The van der Waals surface area contributed by atoms with Gasteiger partial charge in [0.15, 0.2) is 0 Å². The van der Waals surface area contributed by atoms with Crippen molar-refractivity contribution in [3.05, 3.63) is 33.3 Å². The smallest absolute Gasteiger partial charge is 0.137 e. The first-order valence-electron chi connectivity index (χ1n) is 5.68. The molecule has 1 aromatic carbocycles. The lowest BCUT2D eigenvalue weighted by molar-refractivity contribution is -0.118. The van der Waals surface area contributed by atoms with Gasteiger partial charge in [-0.15, -0.1) is 0 Å². The molecule has 0 radical (unpaired) electrons. The third kappa shape index (κ3) is 5.19. The van der Waals surface area contributed by atoms with Crippen LogP contribution >= 0.6 is 27.5 Å². The van der Waals surface area contributed by atoms with Crippen molar-refractivity contribution < 1.29 is 4.79 Å². The minimum absolute atomic E-state index is 0.217. The highest BCUT2D eigenvalue weighted by atomic mass is 79.9. The van der Waals surface area contributed by atoms with E-state index in [4.69, 9.17) is 17.3 Å². The summed E-state index contributed by atoms with van der Waals surface area (Å²) in [7, 11) is 0. The van der Waals surface area contributed by atoms with Crippen LogP contribution < -0.4 is 5.73 Å². The molecule has 4 heteroatoms. The van der Waals surface area contributed by atoms with Gasteiger partial charge in [0.25, 0.3) is 0 Å². The Labute approximate surface area is 116 Å². The lowest BCUT2D eigenvalue weighted by Gasteiger charge is -2.08. The van der Waals surface area contributed by atoms with Crippen molar-refractivity contribution in [1.82, 2.24) is 0 Å². The number of carbonyl (C=O) groups is 1. The van der Waals surface area contributed by atoms with Crippen molar-refractivity contribution in [3.8, 4) is 0 Å².